The lowest BCUT2D eigenvalue weighted by molar-refractivity contribution is 0.413. The van der Waals surface area contributed by atoms with E-state index in [1.54, 1.807) is 18.5 Å². The van der Waals surface area contributed by atoms with Crippen LogP contribution in [-0.2, 0) is 6.42 Å². The molecule has 35 heavy (non-hydrogen) atoms. The molecule has 0 N–H and O–H groups in total. The average molecular weight is 483 g/mol. The van der Waals surface area contributed by atoms with Gasteiger partial charge in [0.25, 0.3) is 0 Å². The highest BCUT2D eigenvalue weighted by Crippen LogP contribution is 2.40. The Labute approximate surface area is 206 Å². The van der Waals surface area contributed by atoms with Crippen molar-refractivity contribution in [2.24, 2.45) is 0 Å². The molecule has 5 aromatic rings. The fraction of sp³-hybridized carbons (Fsp3) is 0.107. The normalized spacial score (nSPS) is 12.7. The summed E-state index contributed by atoms with van der Waals surface area (Å²) in [5.74, 6) is 1.54. The molecule has 172 valence electrons. The van der Waals surface area contributed by atoms with E-state index in [1.807, 2.05) is 48.5 Å². The van der Waals surface area contributed by atoms with Gasteiger partial charge in [0.15, 0.2) is 5.82 Å². The van der Waals surface area contributed by atoms with Crippen LogP contribution >= 0.6 is 11.6 Å². The first-order valence-electron chi connectivity index (χ1n) is 11.2. The molecule has 0 atom stereocenters. The third-order valence-electron chi connectivity index (χ3n) is 6.26. The smallest absolute Gasteiger partial charge is 0.163 e. The van der Waals surface area contributed by atoms with E-state index in [0.717, 1.165) is 57.1 Å². The Morgan fingerprint density at radius 1 is 0.971 bits per heavy atom. The first-order chi connectivity index (χ1) is 17.1. The number of hydrogen-bond donors (Lipinski definition) is 0. The molecule has 0 saturated heterocycles. The van der Waals surface area contributed by atoms with Crippen LogP contribution in [0.25, 0.3) is 33.4 Å². The van der Waals surface area contributed by atoms with Gasteiger partial charge in [0.2, 0.25) is 0 Å². The molecule has 5 nitrogen and oxygen atoms in total. The summed E-state index contributed by atoms with van der Waals surface area (Å²) < 4.78 is 19.2. The van der Waals surface area contributed by atoms with Gasteiger partial charge in [-0.15, -0.1) is 0 Å². The predicted octanol–water partition coefficient (Wildman–Crippen LogP) is 6.85. The van der Waals surface area contributed by atoms with Gasteiger partial charge in [-0.1, -0.05) is 17.7 Å². The molecule has 1 aliphatic heterocycles. The maximum absolute atomic E-state index is 13.8. The molecular formula is C28H20ClFN4O. The summed E-state index contributed by atoms with van der Waals surface area (Å²) in [5.41, 5.74) is 5.57. The second-order valence-corrected chi connectivity index (χ2v) is 8.80. The second-order valence-electron chi connectivity index (χ2n) is 8.36. The van der Waals surface area contributed by atoms with Crippen LogP contribution in [0.1, 0.15) is 5.56 Å². The van der Waals surface area contributed by atoms with Crippen LogP contribution in [0.15, 0.2) is 79.1 Å². The third-order valence-corrected chi connectivity index (χ3v) is 6.50. The Hall–Kier alpha value is -4.03. The van der Waals surface area contributed by atoms with Crippen LogP contribution in [0, 0.1) is 5.82 Å². The minimum Gasteiger partial charge on any atom is -0.496 e. The number of anilines is 2. The first kappa shape index (κ1) is 21.5. The largest absolute Gasteiger partial charge is 0.496 e. The van der Waals surface area contributed by atoms with Crippen LogP contribution in [-0.4, -0.2) is 28.6 Å². The molecule has 3 aromatic carbocycles. The van der Waals surface area contributed by atoms with Crippen molar-refractivity contribution in [2.75, 3.05) is 18.6 Å². The maximum Gasteiger partial charge on any atom is 0.163 e. The minimum absolute atomic E-state index is 0.345. The summed E-state index contributed by atoms with van der Waals surface area (Å²) >= 11 is 6.24. The predicted molar refractivity (Wildman–Crippen MR) is 137 cm³/mol. The van der Waals surface area contributed by atoms with E-state index in [1.165, 1.54) is 24.8 Å². The molecule has 0 aliphatic carbocycles. The Balaban J connectivity index is 1.57. The van der Waals surface area contributed by atoms with Gasteiger partial charge in [-0.3, -0.25) is 4.98 Å². The standard InChI is InChI=1S/C28H20ClFN4O/c1-35-26-15-21(30)6-8-22(26)17-4-7-23-24(14-17)32-27(19-3-2-11-31-16-19)33-28(23)34-12-10-18-13-20(29)5-9-25(18)34/h2-9,11,13-16H,10,12H2,1H3. The van der Waals surface area contributed by atoms with Crippen molar-refractivity contribution in [3.05, 3.63) is 95.5 Å². The monoisotopic (exact) mass is 482 g/mol. The van der Waals surface area contributed by atoms with Crippen molar-refractivity contribution >= 4 is 34.0 Å². The SMILES string of the molecule is COc1cc(F)ccc1-c1ccc2c(N3CCc4cc(Cl)ccc43)nc(-c3cccnc3)nc2c1. The average Bonchev–Trinajstić information content (AvgIpc) is 3.31. The summed E-state index contributed by atoms with van der Waals surface area (Å²) in [6.45, 7) is 0.793. The number of fused-ring (bicyclic) bond motifs is 2. The summed E-state index contributed by atoms with van der Waals surface area (Å²) in [4.78, 5) is 16.3. The van der Waals surface area contributed by atoms with Crippen molar-refractivity contribution in [3.63, 3.8) is 0 Å². The van der Waals surface area contributed by atoms with E-state index in [2.05, 4.69) is 9.88 Å². The third kappa shape index (κ3) is 3.86. The number of pyridine rings is 1. The minimum atomic E-state index is -0.345. The first-order valence-corrected chi connectivity index (χ1v) is 11.6. The number of benzene rings is 3. The quantitative estimate of drug-likeness (QED) is 0.280. The van der Waals surface area contributed by atoms with E-state index in [9.17, 15) is 4.39 Å². The molecule has 0 unspecified atom stereocenters. The fourth-order valence-electron chi connectivity index (χ4n) is 4.60. The molecular weight excluding hydrogens is 463 g/mol. The lowest BCUT2D eigenvalue weighted by Crippen LogP contribution is -2.16. The van der Waals surface area contributed by atoms with Crippen LogP contribution in [0.4, 0.5) is 15.9 Å². The maximum atomic E-state index is 13.8. The van der Waals surface area contributed by atoms with E-state index < -0.39 is 0 Å². The molecule has 0 fully saturated rings. The van der Waals surface area contributed by atoms with E-state index in [0.29, 0.717) is 11.6 Å². The van der Waals surface area contributed by atoms with Gasteiger partial charge < -0.3 is 9.64 Å². The number of ether oxygens (including phenoxy) is 1. The molecule has 2 aromatic heterocycles. The number of nitrogens with zero attached hydrogens (tertiary/aromatic N) is 4. The summed E-state index contributed by atoms with van der Waals surface area (Å²) in [6, 6.07) is 20.3. The van der Waals surface area contributed by atoms with Crippen molar-refractivity contribution in [1.29, 1.82) is 0 Å². The number of aromatic nitrogens is 3. The van der Waals surface area contributed by atoms with Crippen LogP contribution in [0.5, 0.6) is 5.75 Å². The van der Waals surface area contributed by atoms with E-state index in [4.69, 9.17) is 26.3 Å². The lowest BCUT2D eigenvalue weighted by Gasteiger charge is -2.21. The van der Waals surface area contributed by atoms with Gasteiger partial charge in [-0.05, 0) is 72.1 Å². The molecule has 0 spiro atoms. The Kier molecular flexibility index (Phi) is 5.30. The molecule has 3 heterocycles. The van der Waals surface area contributed by atoms with Crippen molar-refractivity contribution < 1.29 is 9.13 Å². The van der Waals surface area contributed by atoms with Gasteiger partial charge in [0.1, 0.15) is 17.4 Å². The molecule has 1 aliphatic rings. The van der Waals surface area contributed by atoms with Gasteiger partial charge >= 0.3 is 0 Å². The van der Waals surface area contributed by atoms with Gasteiger partial charge in [-0.25, -0.2) is 14.4 Å². The van der Waals surface area contributed by atoms with Gasteiger partial charge in [-0.2, -0.15) is 0 Å². The van der Waals surface area contributed by atoms with Gasteiger partial charge in [0.05, 0.1) is 12.6 Å². The topological polar surface area (TPSA) is 51.1 Å². The van der Waals surface area contributed by atoms with Crippen molar-refractivity contribution in [1.82, 2.24) is 15.0 Å². The number of rotatable bonds is 4. The number of hydrogen-bond acceptors (Lipinski definition) is 5. The second kappa shape index (κ2) is 8.64. The summed E-state index contributed by atoms with van der Waals surface area (Å²) in [5, 5.41) is 1.65. The number of methoxy groups -OCH3 is 1. The zero-order chi connectivity index (χ0) is 23.9. The lowest BCUT2D eigenvalue weighted by atomic mass is 10.0. The molecule has 0 saturated carbocycles. The van der Waals surface area contributed by atoms with Crippen molar-refractivity contribution in [2.45, 2.75) is 6.42 Å². The highest BCUT2D eigenvalue weighted by atomic mass is 35.5. The molecule has 6 rings (SSSR count). The van der Waals surface area contributed by atoms with E-state index in [-0.39, 0.29) is 5.82 Å². The fourth-order valence-corrected chi connectivity index (χ4v) is 4.80. The van der Waals surface area contributed by atoms with Gasteiger partial charge in [0, 0.05) is 52.2 Å². The zero-order valence-electron chi connectivity index (χ0n) is 18.9. The highest BCUT2D eigenvalue weighted by Gasteiger charge is 2.25. The van der Waals surface area contributed by atoms with Crippen LogP contribution in [0.3, 0.4) is 0 Å². The Morgan fingerprint density at radius 2 is 1.89 bits per heavy atom. The summed E-state index contributed by atoms with van der Waals surface area (Å²) in [6.07, 6.45) is 4.37. The number of halogens is 2. The Morgan fingerprint density at radius 3 is 2.71 bits per heavy atom. The highest BCUT2D eigenvalue weighted by molar-refractivity contribution is 6.30. The molecule has 0 amide bonds. The molecule has 0 bridgehead atoms. The van der Waals surface area contributed by atoms with E-state index >= 15 is 0 Å². The van der Waals surface area contributed by atoms with Crippen LogP contribution in [0.2, 0.25) is 5.02 Å². The zero-order valence-corrected chi connectivity index (χ0v) is 19.6. The molecule has 7 heteroatoms. The molecule has 0 radical (unpaired) electrons. The summed E-state index contributed by atoms with van der Waals surface area (Å²) in [7, 11) is 1.54. The van der Waals surface area contributed by atoms with Crippen molar-refractivity contribution in [3.8, 4) is 28.3 Å². The Bertz CT molecular complexity index is 1580. The van der Waals surface area contributed by atoms with Crippen LogP contribution < -0.4 is 9.64 Å².